The van der Waals surface area contributed by atoms with Crippen LogP contribution in [0.15, 0.2) is 12.1 Å². The zero-order valence-electron chi connectivity index (χ0n) is 11.4. The molecule has 4 nitrogen and oxygen atoms in total. The molecule has 0 radical (unpaired) electrons. The van der Waals surface area contributed by atoms with Crippen molar-refractivity contribution in [1.29, 1.82) is 0 Å². The number of halogens is 1. The van der Waals surface area contributed by atoms with E-state index in [9.17, 15) is 4.79 Å². The molecule has 1 unspecified atom stereocenters. The highest BCUT2D eigenvalue weighted by molar-refractivity contribution is 6.31. The van der Waals surface area contributed by atoms with E-state index in [2.05, 4.69) is 0 Å². The van der Waals surface area contributed by atoms with Gasteiger partial charge in [0.1, 0.15) is 5.75 Å². The molecule has 2 rings (SSSR count). The summed E-state index contributed by atoms with van der Waals surface area (Å²) >= 11 is 6.10. The van der Waals surface area contributed by atoms with Crippen LogP contribution < -0.4 is 9.64 Å². The van der Waals surface area contributed by atoms with Gasteiger partial charge in [-0.1, -0.05) is 11.6 Å². The molecule has 0 bridgehead atoms. The molecule has 1 aliphatic heterocycles. The highest BCUT2D eigenvalue weighted by Crippen LogP contribution is 2.38. The molecule has 0 saturated carbocycles. The Balaban J connectivity index is 2.32. The van der Waals surface area contributed by atoms with Crippen molar-refractivity contribution in [3.63, 3.8) is 0 Å². The molecule has 1 atom stereocenters. The highest BCUT2D eigenvalue weighted by atomic mass is 35.5. The van der Waals surface area contributed by atoms with Crippen molar-refractivity contribution in [2.45, 2.75) is 26.4 Å². The van der Waals surface area contributed by atoms with E-state index in [-0.39, 0.29) is 5.91 Å². The van der Waals surface area contributed by atoms with Gasteiger partial charge in [0.25, 0.3) is 5.91 Å². The van der Waals surface area contributed by atoms with Crippen molar-refractivity contribution >= 4 is 23.2 Å². The molecule has 1 aromatic carbocycles. The quantitative estimate of drug-likeness (QED) is 0.798. The number of carbonyl (C=O) groups is 1. The Hall–Kier alpha value is -1.26. The zero-order valence-corrected chi connectivity index (χ0v) is 12.2. The number of nitrogens with zero attached hydrogens (tertiary/aromatic N) is 1. The van der Waals surface area contributed by atoms with Gasteiger partial charge in [-0.05, 0) is 31.9 Å². The summed E-state index contributed by atoms with van der Waals surface area (Å²) in [6.07, 6.45) is 0.310. The lowest BCUT2D eigenvalue weighted by molar-refractivity contribution is -0.125. The van der Waals surface area contributed by atoms with Crippen LogP contribution in [-0.2, 0) is 9.53 Å². The van der Waals surface area contributed by atoms with Crippen LogP contribution in [0.4, 0.5) is 5.69 Å². The summed E-state index contributed by atoms with van der Waals surface area (Å²) < 4.78 is 10.6. The molecule has 1 amide bonds. The number of carbonyl (C=O) groups excluding carboxylic acids is 1. The monoisotopic (exact) mass is 283 g/mol. The average molecular weight is 284 g/mol. The van der Waals surface area contributed by atoms with Crippen LogP contribution in [-0.4, -0.2) is 32.3 Å². The third-order valence-electron chi connectivity index (χ3n) is 3.18. The first-order valence-electron chi connectivity index (χ1n) is 6.31. The van der Waals surface area contributed by atoms with E-state index in [0.717, 1.165) is 17.7 Å². The third kappa shape index (κ3) is 2.85. The lowest BCUT2D eigenvalue weighted by Gasteiger charge is -2.33. The van der Waals surface area contributed by atoms with E-state index in [0.29, 0.717) is 23.9 Å². The van der Waals surface area contributed by atoms with E-state index < -0.39 is 6.10 Å². The van der Waals surface area contributed by atoms with Crippen LogP contribution in [0, 0.1) is 6.92 Å². The summed E-state index contributed by atoms with van der Waals surface area (Å²) in [7, 11) is 1.65. The fourth-order valence-corrected chi connectivity index (χ4v) is 2.28. The molecule has 0 aliphatic carbocycles. The van der Waals surface area contributed by atoms with Gasteiger partial charge in [-0.15, -0.1) is 0 Å². The van der Waals surface area contributed by atoms with Gasteiger partial charge in [0, 0.05) is 31.4 Å². The Morgan fingerprint density at radius 3 is 2.89 bits per heavy atom. The van der Waals surface area contributed by atoms with E-state index in [1.54, 1.807) is 25.0 Å². The minimum Gasteiger partial charge on any atom is -0.479 e. The molecular formula is C14H18ClNO3. The highest BCUT2D eigenvalue weighted by Gasteiger charge is 2.31. The van der Waals surface area contributed by atoms with E-state index in [1.165, 1.54) is 0 Å². The number of methoxy groups -OCH3 is 1. The molecule has 1 aromatic rings. The second-order valence-electron chi connectivity index (χ2n) is 4.67. The number of fused-ring (bicyclic) bond motifs is 1. The molecular weight excluding hydrogens is 266 g/mol. The fourth-order valence-electron chi connectivity index (χ4n) is 2.13. The number of anilines is 1. The predicted octanol–water partition coefficient (Wildman–Crippen LogP) is 2.80. The van der Waals surface area contributed by atoms with E-state index in [1.807, 2.05) is 13.0 Å². The number of aryl methyl sites for hydroxylation is 1. The Morgan fingerprint density at radius 1 is 1.47 bits per heavy atom. The molecule has 104 valence electrons. The summed E-state index contributed by atoms with van der Waals surface area (Å²) in [5.74, 6) is 0.644. The molecule has 5 heteroatoms. The number of benzene rings is 1. The van der Waals surface area contributed by atoms with Gasteiger partial charge in [-0.25, -0.2) is 0 Å². The van der Waals surface area contributed by atoms with Crippen molar-refractivity contribution in [3.8, 4) is 5.75 Å². The van der Waals surface area contributed by atoms with Crippen LogP contribution >= 0.6 is 11.6 Å². The SMILES string of the molecule is COCCCN1C(=O)C(C)Oc2cc(Cl)c(C)cc21. The number of amides is 1. The molecule has 19 heavy (non-hydrogen) atoms. The van der Waals surface area contributed by atoms with Crippen LogP contribution in [0.3, 0.4) is 0 Å². The molecule has 0 saturated heterocycles. The predicted molar refractivity (Wildman–Crippen MR) is 75.1 cm³/mol. The van der Waals surface area contributed by atoms with Gasteiger partial charge in [-0.2, -0.15) is 0 Å². The molecule has 0 aromatic heterocycles. The molecule has 1 aliphatic rings. The normalized spacial score (nSPS) is 18.2. The number of hydrogen-bond acceptors (Lipinski definition) is 3. The molecule has 1 heterocycles. The first-order chi connectivity index (χ1) is 9.04. The van der Waals surface area contributed by atoms with Crippen LogP contribution in [0.5, 0.6) is 5.75 Å². The molecule has 0 spiro atoms. The Kier molecular flexibility index (Phi) is 4.32. The Labute approximate surface area is 118 Å². The summed E-state index contributed by atoms with van der Waals surface area (Å²) in [4.78, 5) is 14.0. The van der Waals surface area contributed by atoms with Crippen LogP contribution in [0.2, 0.25) is 5.02 Å². The maximum Gasteiger partial charge on any atom is 0.267 e. The van der Waals surface area contributed by atoms with Crippen LogP contribution in [0.1, 0.15) is 18.9 Å². The lowest BCUT2D eigenvalue weighted by Crippen LogP contribution is -2.45. The van der Waals surface area contributed by atoms with Crippen molar-refractivity contribution in [1.82, 2.24) is 0 Å². The third-order valence-corrected chi connectivity index (χ3v) is 3.59. The minimum absolute atomic E-state index is 0.0228. The van der Waals surface area contributed by atoms with Crippen molar-refractivity contribution in [3.05, 3.63) is 22.7 Å². The Morgan fingerprint density at radius 2 is 2.21 bits per heavy atom. The van der Waals surface area contributed by atoms with E-state index in [4.69, 9.17) is 21.1 Å². The lowest BCUT2D eigenvalue weighted by atomic mass is 10.1. The van der Waals surface area contributed by atoms with Crippen molar-refractivity contribution < 1.29 is 14.3 Å². The first-order valence-corrected chi connectivity index (χ1v) is 6.69. The van der Waals surface area contributed by atoms with Gasteiger partial charge in [0.05, 0.1) is 5.69 Å². The second-order valence-corrected chi connectivity index (χ2v) is 5.07. The number of rotatable bonds is 4. The summed E-state index contributed by atoms with van der Waals surface area (Å²) in [5, 5.41) is 0.650. The zero-order chi connectivity index (χ0) is 14.0. The summed E-state index contributed by atoms with van der Waals surface area (Å²) in [6.45, 7) is 4.91. The van der Waals surface area contributed by atoms with Crippen LogP contribution in [0.25, 0.3) is 0 Å². The first kappa shape index (κ1) is 14.2. The minimum atomic E-state index is -0.478. The summed E-state index contributed by atoms with van der Waals surface area (Å²) in [6, 6.07) is 3.67. The number of ether oxygens (including phenoxy) is 2. The van der Waals surface area contributed by atoms with Crippen molar-refractivity contribution in [2.24, 2.45) is 0 Å². The maximum atomic E-state index is 12.2. The fraction of sp³-hybridized carbons (Fsp3) is 0.500. The van der Waals surface area contributed by atoms with Gasteiger partial charge in [0.15, 0.2) is 6.10 Å². The topological polar surface area (TPSA) is 38.8 Å². The van der Waals surface area contributed by atoms with E-state index >= 15 is 0 Å². The maximum absolute atomic E-state index is 12.2. The smallest absolute Gasteiger partial charge is 0.267 e. The Bertz CT molecular complexity index is 490. The van der Waals surface area contributed by atoms with Gasteiger partial charge < -0.3 is 14.4 Å². The number of hydrogen-bond donors (Lipinski definition) is 0. The van der Waals surface area contributed by atoms with Crippen molar-refractivity contribution in [2.75, 3.05) is 25.2 Å². The molecule has 0 N–H and O–H groups in total. The van der Waals surface area contributed by atoms with Gasteiger partial charge in [0.2, 0.25) is 0 Å². The van der Waals surface area contributed by atoms with Gasteiger partial charge in [-0.3, -0.25) is 4.79 Å². The second kappa shape index (κ2) is 5.80. The largest absolute Gasteiger partial charge is 0.479 e. The van der Waals surface area contributed by atoms with Gasteiger partial charge >= 0.3 is 0 Å². The standard InChI is InChI=1S/C14H18ClNO3/c1-9-7-12-13(8-11(9)15)19-10(2)14(17)16(12)5-4-6-18-3/h7-8,10H,4-6H2,1-3H3. The average Bonchev–Trinajstić information content (AvgIpc) is 2.37. The summed E-state index contributed by atoms with van der Waals surface area (Å²) in [5.41, 5.74) is 1.73. The molecule has 0 fully saturated rings.